The summed E-state index contributed by atoms with van der Waals surface area (Å²) in [5.41, 5.74) is 5.61. The summed E-state index contributed by atoms with van der Waals surface area (Å²) >= 11 is 0. The SMILES string of the molecule is c1ccc2cc3c(cc2c1)nnn3-c1ccc(-n2nnc3cc4ccccc4cc32)cc1. The van der Waals surface area contributed by atoms with Crippen molar-refractivity contribution < 1.29 is 0 Å². The third-order valence-electron chi connectivity index (χ3n) is 5.96. The largest absolute Gasteiger partial charge is 0.213 e. The van der Waals surface area contributed by atoms with Gasteiger partial charge >= 0.3 is 0 Å². The van der Waals surface area contributed by atoms with E-state index in [1.165, 1.54) is 10.8 Å². The van der Waals surface area contributed by atoms with Crippen molar-refractivity contribution in [3.05, 3.63) is 97.1 Å². The first-order chi connectivity index (χ1) is 15.8. The van der Waals surface area contributed by atoms with Crippen molar-refractivity contribution in [1.82, 2.24) is 30.0 Å². The second-order valence-corrected chi connectivity index (χ2v) is 7.90. The van der Waals surface area contributed by atoms with E-state index in [2.05, 4.69) is 69.2 Å². The fourth-order valence-electron chi connectivity index (χ4n) is 4.33. The molecule has 150 valence electrons. The molecule has 0 N–H and O–H groups in total. The molecule has 6 heteroatoms. The van der Waals surface area contributed by atoms with Crippen LogP contribution in [0.2, 0.25) is 0 Å². The molecule has 0 spiro atoms. The molecule has 2 aromatic heterocycles. The summed E-state index contributed by atoms with van der Waals surface area (Å²) in [6, 6.07) is 33.1. The molecule has 0 fully saturated rings. The van der Waals surface area contributed by atoms with E-state index in [4.69, 9.17) is 0 Å². The zero-order valence-corrected chi connectivity index (χ0v) is 16.9. The van der Waals surface area contributed by atoms with Gasteiger partial charge in [-0.1, -0.05) is 59.0 Å². The summed E-state index contributed by atoms with van der Waals surface area (Å²) in [4.78, 5) is 0. The fourth-order valence-corrected chi connectivity index (χ4v) is 4.33. The van der Waals surface area contributed by atoms with E-state index in [0.717, 1.165) is 44.2 Å². The lowest BCUT2D eigenvalue weighted by Gasteiger charge is -2.06. The van der Waals surface area contributed by atoms with Gasteiger partial charge in [0.25, 0.3) is 0 Å². The lowest BCUT2D eigenvalue weighted by atomic mass is 10.1. The smallest absolute Gasteiger partial charge is 0.114 e. The van der Waals surface area contributed by atoms with Gasteiger partial charge in [0.05, 0.1) is 22.4 Å². The molecular weight excluding hydrogens is 396 g/mol. The maximum atomic E-state index is 4.40. The highest BCUT2D eigenvalue weighted by atomic mass is 15.4. The van der Waals surface area contributed by atoms with Gasteiger partial charge in [-0.2, -0.15) is 0 Å². The van der Waals surface area contributed by atoms with Gasteiger partial charge in [0.2, 0.25) is 0 Å². The van der Waals surface area contributed by atoms with Crippen molar-refractivity contribution in [2.75, 3.05) is 0 Å². The topological polar surface area (TPSA) is 61.4 Å². The minimum atomic E-state index is 0.877. The highest BCUT2D eigenvalue weighted by molar-refractivity contribution is 5.96. The van der Waals surface area contributed by atoms with Gasteiger partial charge in [0.1, 0.15) is 11.0 Å². The van der Waals surface area contributed by atoms with Crippen molar-refractivity contribution in [2.24, 2.45) is 0 Å². The van der Waals surface area contributed by atoms with Crippen molar-refractivity contribution in [3.63, 3.8) is 0 Å². The Morgan fingerprint density at radius 2 is 0.812 bits per heavy atom. The van der Waals surface area contributed by atoms with Crippen molar-refractivity contribution in [3.8, 4) is 11.4 Å². The number of fused-ring (bicyclic) bond motifs is 4. The fraction of sp³-hybridized carbons (Fsp3) is 0. The van der Waals surface area contributed by atoms with E-state index < -0.39 is 0 Å². The standard InChI is InChI=1S/C26H16N6/c1-3-7-19-15-25-23(13-17(19)5-1)27-29-31(25)21-9-11-22(12-10-21)32-26-16-20-8-4-2-6-18(20)14-24(26)28-30-32/h1-16H. The van der Waals surface area contributed by atoms with E-state index in [0.29, 0.717) is 0 Å². The van der Waals surface area contributed by atoms with Crippen LogP contribution in [0.4, 0.5) is 0 Å². The molecule has 0 aliphatic carbocycles. The van der Waals surface area contributed by atoms with Gasteiger partial charge in [-0.15, -0.1) is 10.2 Å². The monoisotopic (exact) mass is 412 g/mol. The van der Waals surface area contributed by atoms with Crippen LogP contribution in [0, 0.1) is 0 Å². The quantitative estimate of drug-likeness (QED) is 0.378. The third kappa shape index (κ3) is 2.53. The van der Waals surface area contributed by atoms with E-state index in [1.54, 1.807) is 0 Å². The molecule has 7 rings (SSSR count). The van der Waals surface area contributed by atoms with Crippen LogP contribution in [0.15, 0.2) is 97.1 Å². The Labute approximate surface area is 182 Å². The zero-order valence-electron chi connectivity index (χ0n) is 16.9. The Morgan fingerprint density at radius 3 is 1.22 bits per heavy atom. The van der Waals surface area contributed by atoms with Gasteiger partial charge in [0.15, 0.2) is 0 Å². The Hall–Kier alpha value is -4.58. The van der Waals surface area contributed by atoms with Gasteiger partial charge in [-0.05, 0) is 70.1 Å². The Morgan fingerprint density at radius 1 is 0.438 bits per heavy atom. The average Bonchev–Trinajstić information content (AvgIpc) is 3.45. The van der Waals surface area contributed by atoms with E-state index in [-0.39, 0.29) is 0 Å². The molecule has 2 heterocycles. The van der Waals surface area contributed by atoms with E-state index >= 15 is 0 Å². The van der Waals surface area contributed by atoms with E-state index in [1.807, 2.05) is 57.9 Å². The minimum Gasteiger partial charge on any atom is -0.213 e. The molecular formula is C26H16N6. The summed E-state index contributed by atoms with van der Waals surface area (Å²) in [5.74, 6) is 0. The molecule has 0 aliphatic heterocycles. The van der Waals surface area contributed by atoms with Crippen molar-refractivity contribution in [2.45, 2.75) is 0 Å². The van der Waals surface area contributed by atoms with Crippen LogP contribution in [0.3, 0.4) is 0 Å². The lowest BCUT2D eigenvalue weighted by Crippen LogP contribution is -2.00. The van der Waals surface area contributed by atoms with Crippen LogP contribution in [0.1, 0.15) is 0 Å². The predicted octanol–water partition coefficient (Wildman–Crippen LogP) is 5.46. The number of hydrogen-bond donors (Lipinski definition) is 0. The van der Waals surface area contributed by atoms with Gasteiger partial charge in [-0.25, -0.2) is 9.36 Å². The zero-order chi connectivity index (χ0) is 21.1. The van der Waals surface area contributed by atoms with Crippen LogP contribution in [0.25, 0.3) is 55.0 Å². The van der Waals surface area contributed by atoms with Crippen LogP contribution in [-0.2, 0) is 0 Å². The first-order valence-corrected chi connectivity index (χ1v) is 10.4. The van der Waals surface area contributed by atoms with Crippen LogP contribution in [-0.4, -0.2) is 30.0 Å². The Kier molecular flexibility index (Phi) is 3.46. The molecule has 7 aromatic rings. The highest BCUT2D eigenvalue weighted by Gasteiger charge is 2.11. The molecule has 0 atom stereocenters. The summed E-state index contributed by atoms with van der Waals surface area (Å²) < 4.78 is 3.75. The van der Waals surface area contributed by atoms with Gasteiger partial charge < -0.3 is 0 Å². The first kappa shape index (κ1) is 17.1. The molecule has 0 bridgehead atoms. The number of benzene rings is 5. The molecule has 0 unspecified atom stereocenters. The van der Waals surface area contributed by atoms with Crippen molar-refractivity contribution in [1.29, 1.82) is 0 Å². The molecule has 0 saturated heterocycles. The Bertz CT molecular complexity index is 1640. The summed E-state index contributed by atoms with van der Waals surface area (Å²) in [6.07, 6.45) is 0. The molecule has 0 amide bonds. The lowest BCUT2D eigenvalue weighted by molar-refractivity contribution is 0.813. The maximum Gasteiger partial charge on any atom is 0.114 e. The molecule has 0 saturated carbocycles. The molecule has 0 radical (unpaired) electrons. The maximum absolute atomic E-state index is 4.40. The third-order valence-corrected chi connectivity index (χ3v) is 5.96. The second kappa shape index (κ2) is 6.46. The van der Waals surface area contributed by atoms with Gasteiger partial charge in [-0.3, -0.25) is 0 Å². The number of nitrogens with zero attached hydrogens (tertiary/aromatic N) is 6. The summed E-state index contributed by atoms with van der Waals surface area (Å²) in [6.45, 7) is 0. The second-order valence-electron chi connectivity index (χ2n) is 7.90. The number of rotatable bonds is 2. The highest BCUT2D eigenvalue weighted by Crippen LogP contribution is 2.26. The predicted molar refractivity (Wildman–Crippen MR) is 126 cm³/mol. The van der Waals surface area contributed by atoms with Gasteiger partial charge in [0, 0.05) is 0 Å². The summed E-state index contributed by atoms with van der Waals surface area (Å²) in [7, 11) is 0. The summed E-state index contributed by atoms with van der Waals surface area (Å²) in [5, 5.41) is 22.2. The van der Waals surface area contributed by atoms with E-state index in [9.17, 15) is 0 Å². The van der Waals surface area contributed by atoms with Crippen LogP contribution in [0.5, 0.6) is 0 Å². The molecule has 6 nitrogen and oxygen atoms in total. The Balaban J connectivity index is 1.33. The molecule has 0 aliphatic rings. The van der Waals surface area contributed by atoms with Crippen LogP contribution >= 0.6 is 0 Å². The molecule has 32 heavy (non-hydrogen) atoms. The van der Waals surface area contributed by atoms with Crippen LogP contribution < -0.4 is 0 Å². The van der Waals surface area contributed by atoms with Crippen molar-refractivity contribution >= 4 is 43.6 Å². The average molecular weight is 412 g/mol. The minimum absolute atomic E-state index is 0.877. The number of hydrogen-bond acceptors (Lipinski definition) is 4. The first-order valence-electron chi connectivity index (χ1n) is 10.4. The molecule has 5 aromatic carbocycles. The number of aromatic nitrogens is 6. The normalized spacial score (nSPS) is 11.8.